The van der Waals surface area contributed by atoms with Gasteiger partial charge in [0.05, 0.1) is 5.56 Å². The molecule has 1 aromatic heterocycles. The summed E-state index contributed by atoms with van der Waals surface area (Å²) in [5.74, 6) is -0.519. The van der Waals surface area contributed by atoms with E-state index >= 15 is 0 Å². The van der Waals surface area contributed by atoms with Crippen molar-refractivity contribution < 1.29 is 35.9 Å². The van der Waals surface area contributed by atoms with Crippen molar-refractivity contribution in [2.45, 2.75) is 18.9 Å². The molecule has 0 aliphatic carbocycles. The fraction of sp³-hybridized carbons (Fsp3) is 0.250. The van der Waals surface area contributed by atoms with E-state index in [1.807, 2.05) is 0 Å². The minimum Gasteiger partial charge on any atom is -0.484 e. The first-order valence-corrected chi connectivity index (χ1v) is 7.14. The molecule has 0 radical (unpaired) electrons. The smallest absolute Gasteiger partial charge is 0.433 e. The Bertz CT molecular complexity index is 676. The Balaban J connectivity index is 1.80. The number of halogens is 6. The molecule has 0 saturated heterocycles. The summed E-state index contributed by atoms with van der Waals surface area (Å²) in [4.78, 5) is 14.9. The summed E-state index contributed by atoms with van der Waals surface area (Å²) in [6, 6.07) is 5.76. The first kappa shape index (κ1) is 19.5. The van der Waals surface area contributed by atoms with Crippen LogP contribution in [0.4, 0.5) is 26.3 Å². The molecule has 2 rings (SSSR count). The van der Waals surface area contributed by atoms with E-state index in [-0.39, 0.29) is 12.3 Å². The van der Waals surface area contributed by atoms with Crippen molar-refractivity contribution in [3.63, 3.8) is 0 Å². The molecule has 1 N–H and O–H groups in total. The van der Waals surface area contributed by atoms with Gasteiger partial charge in [-0.25, -0.2) is 0 Å². The van der Waals surface area contributed by atoms with Gasteiger partial charge in [0.1, 0.15) is 11.4 Å². The van der Waals surface area contributed by atoms with E-state index in [0.717, 1.165) is 36.5 Å². The Labute approximate surface area is 143 Å². The van der Waals surface area contributed by atoms with Crippen LogP contribution in [-0.4, -0.2) is 17.5 Å². The number of benzene rings is 1. The van der Waals surface area contributed by atoms with Gasteiger partial charge in [-0.1, -0.05) is 6.07 Å². The number of nitrogens with zero attached hydrogens (tertiary/aromatic N) is 1. The molecule has 0 spiro atoms. The van der Waals surface area contributed by atoms with Crippen molar-refractivity contribution in [3.05, 3.63) is 59.4 Å². The van der Waals surface area contributed by atoms with Crippen LogP contribution in [0.25, 0.3) is 0 Å². The number of carbonyl (C=O) groups excluding carboxylic acids is 1. The first-order chi connectivity index (χ1) is 12.1. The zero-order chi connectivity index (χ0) is 19.4. The van der Waals surface area contributed by atoms with E-state index in [1.165, 1.54) is 6.07 Å². The van der Waals surface area contributed by atoms with Gasteiger partial charge in [0.15, 0.2) is 6.61 Å². The van der Waals surface area contributed by atoms with Crippen LogP contribution in [0.3, 0.4) is 0 Å². The number of alkyl halides is 6. The van der Waals surface area contributed by atoms with Gasteiger partial charge >= 0.3 is 12.4 Å². The van der Waals surface area contributed by atoms with Crippen molar-refractivity contribution in [2.75, 3.05) is 6.61 Å². The van der Waals surface area contributed by atoms with E-state index < -0.39 is 36.1 Å². The SMILES string of the molecule is O=C(COc1ccc(C(F)(F)F)cc1)NCc1ccc(C(F)(F)F)nc1. The predicted molar refractivity (Wildman–Crippen MR) is 78.0 cm³/mol. The summed E-state index contributed by atoms with van der Waals surface area (Å²) in [6.07, 6.45) is -8.03. The van der Waals surface area contributed by atoms with Crippen LogP contribution in [-0.2, 0) is 23.7 Å². The highest BCUT2D eigenvalue weighted by Gasteiger charge is 2.32. The Kier molecular flexibility index (Phi) is 5.73. The fourth-order valence-electron chi connectivity index (χ4n) is 1.84. The minimum absolute atomic E-state index is 0.0691. The monoisotopic (exact) mass is 378 g/mol. The molecule has 140 valence electrons. The predicted octanol–water partition coefficient (Wildman–Crippen LogP) is 3.81. The molecule has 0 bridgehead atoms. The maximum absolute atomic E-state index is 12.4. The topological polar surface area (TPSA) is 51.2 Å². The molecule has 10 heteroatoms. The van der Waals surface area contributed by atoms with Crippen LogP contribution >= 0.6 is 0 Å². The van der Waals surface area contributed by atoms with Gasteiger partial charge in [0.25, 0.3) is 5.91 Å². The lowest BCUT2D eigenvalue weighted by Crippen LogP contribution is -2.28. The summed E-state index contributed by atoms with van der Waals surface area (Å²) >= 11 is 0. The minimum atomic E-state index is -4.54. The van der Waals surface area contributed by atoms with Gasteiger partial charge in [0, 0.05) is 12.7 Å². The Morgan fingerprint density at radius 1 is 0.962 bits per heavy atom. The summed E-state index contributed by atoms with van der Waals surface area (Å²) in [7, 11) is 0. The fourth-order valence-corrected chi connectivity index (χ4v) is 1.84. The van der Waals surface area contributed by atoms with E-state index in [0.29, 0.717) is 5.56 Å². The molecule has 0 aliphatic rings. The zero-order valence-corrected chi connectivity index (χ0v) is 13.0. The van der Waals surface area contributed by atoms with Crippen LogP contribution < -0.4 is 10.1 Å². The van der Waals surface area contributed by atoms with E-state index in [4.69, 9.17) is 4.74 Å². The lowest BCUT2D eigenvalue weighted by atomic mass is 10.2. The van der Waals surface area contributed by atoms with E-state index in [1.54, 1.807) is 0 Å². The maximum Gasteiger partial charge on any atom is 0.433 e. The molecule has 0 atom stereocenters. The molecule has 1 amide bonds. The van der Waals surface area contributed by atoms with Crippen molar-refractivity contribution >= 4 is 5.91 Å². The normalized spacial score (nSPS) is 11.9. The largest absolute Gasteiger partial charge is 0.484 e. The van der Waals surface area contributed by atoms with Crippen LogP contribution in [0.2, 0.25) is 0 Å². The third kappa shape index (κ3) is 5.64. The molecule has 0 saturated carbocycles. The highest BCUT2D eigenvalue weighted by Crippen LogP contribution is 2.30. The van der Waals surface area contributed by atoms with E-state index in [9.17, 15) is 31.1 Å². The molecule has 0 fully saturated rings. The summed E-state index contributed by atoms with van der Waals surface area (Å²) in [5, 5.41) is 2.40. The van der Waals surface area contributed by atoms with E-state index in [2.05, 4.69) is 10.3 Å². The second-order valence-corrected chi connectivity index (χ2v) is 5.14. The van der Waals surface area contributed by atoms with Gasteiger partial charge in [-0.2, -0.15) is 26.3 Å². The molecule has 0 unspecified atom stereocenters. The lowest BCUT2D eigenvalue weighted by Gasteiger charge is -2.10. The van der Waals surface area contributed by atoms with Gasteiger partial charge in [-0.3, -0.25) is 9.78 Å². The molecule has 1 aromatic carbocycles. The lowest BCUT2D eigenvalue weighted by molar-refractivity contribution is -0.141. The molecular formula is C16H12F6N2O2. The van der Waals surface area contributed by atoms with Gasteiger partial charge in [-0.15, -0.1) is 0 Å². The number of ether oxygens (including phenoxy) is 1. The average molecular weight is 378 g/mol. The number of pyridine rings is 1. The Hall–Kier alpha value is -2.78. The number of nitrogens with one attached hydrogen (secondary N) is 1. The molecule has 4 nitrogen and oxygen atoms in total. The highest BCUT2D eigenvalue weighted by molar-refractivity contribution is 5.77. The molecule has 26 heavy (non-hydrogen) atoms. The number of rotatable bonds is 5. The summed E-state index contributed by atoms with van der Waals surface area (Å²) in [5.41, 5.74) is -1.54. The maximum atomic E-state index is 12.4. The molecule has 2 aromatic rings. The van der Waals surface area contributed by atoms with Crippen LogP contribution in [0, 0.1) is 0 Å². The quantitative estimate of drug-likeness (QED) is 0.805. The number of hydrogen-bond donors (Lipinski definition) is 1. The highest BCUT2D eigenvalue weighted by atomic mass is 19.4. The number of hydrogen-bond acceptors (Lipinski definition) is 3. The second-order valence-electron chi connectivity index (χ2n) is 5.14. The number of amides is 1. The van der Waals surface area contributed by atoms with Crippen LogP contribution in [0.5, 0.6) is 5.75 Å². The van der Waals surface area contributed by atoms with Gasteiger partial charge < -0.3 is 10.1 Å². The van der Waals surface area contributed by atoms with Crippen LogP contribution in [0.1, 0.15) is 16.8 Å². The van der Waals surface area contributed by atoms with Crippen LogP contribution in [0.15, 0.2) is 42.6 Å². The number of aromatic nitrogens is 1. The standard InChI is InChI=1S/C16H12F6N2O2/c17-15(18,19)11-2-4-12(5-3-11)26-9-14(25)24-8-10-1-6-13(23-7-10)16(20,21)22/h1-7H,8-9H2,(H,24,25). The average Bonchev–Trinajstić information content (AvgIpc) is 2.57. The second kappa shape index (κ2) is 7.63. The molecule has 0 aliphatic heterocycles. The number of carbonyl (C=O) groups is 1. The molecular weight excluding hydrogens is 366 g/mol. The van der Waals surface area contributed by atoms with Crippen molar-refractivity contribution in [3.8, 4) is 5.75 Å². The third-order valence-electron chi connectivity index (χ3n) is 3.16. The Morgan fingerprint density at radius 2 is 1.62 bits per heavy atom. The van der Waals surface area contributed by atoms with Gasteiger partial charge in [-0.05, 0) is 35.9 Å². The zero-order valence-electron chi connectivity index (χ0n) is 13.0. The summed E-state index contributed by atoms with van der Waals surface area (Å²) in [6.45, 7) is -0.528. The van der Waals surface area contributed by atoms with Gasteiger partial charge in [0.2, 0.25) is 0 Å². The third-order valence-corrected chi connectivity index (χ3v) is 3.16. The van der Waals surface area contributed by atoms with Crippen molar-refractivity contribution in [1.82, 2.24) is 10.3 Å². The Morgan fingerprint density at radius 3 is 2.12 bits per heavy atom. The summed E-state index contributed by atoms with van der Waals surface area (Å²) < 4.78 is 79.4. The van der Waals surface area contributed by atoms with Crippen molar-refractivity contribution in [1.29, 1.82) is 0 Å². The van der Waals surface area contributed by atoms with Crippen molar-refractivity contribution in [2.24, 2.45) is 0 Å². The first-order valence-electron chi connectivity index (χ1n) is 7.14. The molecule has 1 heterocycles.